The molecule has 0 fully saturated rings. The molecule has 4 aromatic rings. The number of aromatic nitrogens is 2. The Balaban J connectivity index is 1.66. The fourth-order valence-corrected chi connectivity index (χ4v) is 5.05. The van der Waals surface area contributed by atoms with Gasteiger partial charge in [-0.05, 0) is 48.7 Å². The van der Waals surface area contributed by atoms with Gasteiger partial charge in [-0.25, -0.2) is 18.5 Å². The van der Waals surface area contributed by atoms with Crippen molar-refractivity contribution in [2.75, 3.05) is 0 Å². The monoisotopic (exact) mass is 465 g/mol. The van der Waals surface area contributed by atoms with E-state index in [1.54, 1.807) is 34.5 Å². The van der Waals surface area contributed by atoms with Crippen molar-refractivity contribution in [1.82, 2.24) is 9.55 Å². The summed E-state index contributed by atoms with van der Waals surface area (Å²) in [6, 6.07) is 23.9. The van der Waals surface area contributed by atoms with Crippen LogP contribution in [0.3, 0.4) is 0 Å². The zero-order valence-electron chi connectivity index (χ0n) is 17.5. The zero-order chi connectivity index (χ0) is 22.7. The number of hydrogen-bond donors (Lipinski definition) is 1. The first-order chi connectivity index (χ1) is 15.3. The number of primary sulfonamides is 1. The van der Waals surface area contributed by atoms with E-state index < -0.39 is 10.0 Å². The molecule has 2 N–H and O–H groups in total. The molecule has 0 aliphatic carbocycles. The predicted molar refractivity (Wildman–Crippen MR) is 128 cm³/mol. The number of nitrogens with zero attached hydrogens (tertiary/aromatic N) is 2. The molecular weight excluding hydrogens is 442 g/mol. The highest BCUT2D eigenvalue weighted by Gasteiger charge is 2.16. The largest absolute Gasteiger partial charge is 0.287 e. The van der Waals surface area contributed by atoms with E-state index in [4.69, 9.17) is 10.1 Å². The first-order valence-corrected chi connectivity index (χ1v) is 12.6. The van der Waals surface area contributed by atoms with E-state index in [1.807, 2.05) is 36.4 Å². The molecule has 1 aromatic heterocycles. The summed E-state index contributed by atoms with van der Waals surface area (Å²) in [7, 11) is -3.73. The quantitative estimate of drug-likeness (QED) is 0.327. The molecule has 4 rings (SSSR count). The van der Waals surface area contributed by atoms with Gasteiger partial charge in [-0.2, -0.15) is 0 Å². The number of rotatable bonds is 7. The van der Waals surface area contributed by atoms with E-state index in [2.05, 4.69) is 19.1 Å². The number of benzene rings is 3. The van der Waals surface area contributed by atoms with Gasteiger partial charge in [-0.15, -0.1) is 0 Å². The minimum atomic E-state index is -3.73. The minimum absolute atomic E-state index is 0.0683. The molecule has 0 bridgehead atoms. The maximum absolute atomic E-state index is 13.3. The average Bonchev–Trinajstić information content (AvgIpc) is 2.79. The van der Waals surface area contributed by atoms with Crippen molar-refractivity contribution < 1.29 is 8.42 Å². The highest BCUT2D eigenvalue weighted by Crippen LogP contribution is 2.33. The Labute approximate surface area is 191 Å². The summed E-state index contributed by atoms with van der Waals surface area (Å²) in [4.78, 5) is 18.1. The van der Waals surface area contributed by atoms with Crippen LogP contribution in [0.25, 0.3) is 10.9 Å². The van der Waals surface area contributed by atoms with E-state index in [9.17, 15) is 13.2 Å². The number of hydrogen-bond acceptors (Lipinski definition) is 5. The van der Waals surface area contributed by atoms with Crippen LogP contribution in [0.4, 0.5) is 0 Å². The molecule has 164 valence electrons. The SMILES string of the molecule is C[C@@H](Sc1nc2ccccc2c(=O)n1CCc1ccc(S(N)(=O)=O)cc1)c1ccccc1. The van der Waals surface area contributed by atoms with Gasteiger partial charge in [-0.3, -0.25) is 9.36 Å². The smallest absolute Gasteiger partial charge is 0.262 e. The van der Waals surface area contributed by atoms with Crippen LogP contribution in [0, 0.1) is 0 Å². The Morgan fingerprint density at radius 3 is 2.31 bits per heavy atom. The molecule has 1 heterocycles. The van der Waals surface area contributed by atoms with Crippen LogP contribution in [0.2, 0.25) is 0 Å². The fourth-order valence-electron chi connectivity index (χ4n) is 3.47. The zero-order valence-corrected chi connectivity index (χ0v) is 19.1. The Bertz CT molecular complexity index is 1400. The summed E-state index contributed by atoms with van der Waals surface area (Å²) in [6.07, 6.45) is 0.554. The molecule has 0 aliphatic rings. The van der Waals surface area contributed by atoms with Crippen molar-refractivity contribution in [3.05, 3.63) is 100 Å². The number of sulfonamides is 1. The second-order valence-corrected chi connectivity index (χ2v) is 10.3. The van der Waals surface area contributed by atoms with Crippen molar-refractivity contribution in [3.8, 4) is 0 Å². The van der Waals surface area contributed by atoms with Gasteiger partial charge in [0.05, 0.1) is 15.8 Å². The Morgan fingerprint density at radius 2 is 1.62 bits per heavy atom. The number of fused-ring (bicyclic) bond motifs is 1. The molecular formula is C24H23N3O3S2. The van der Waals surface area contributed by atoms with Gasteiger partial charge < -0.3 is 0 Å². The molecule has 0 radical (unpaired) electrons. The van der Waals surface area contributed by atoms with Crippen LogP contribution in [0.5, 0.6) is 0 Å². The van der Waals surface area contributed by atoms with Crippen molar-refractivity contribution in [2.45, 2.75) is 35.2 Å². The van der Waals surface area contributed by atoms with Crippen molar-refractivity contribution >= 4 is 32.7 Å². The highest BCUT2D eigenvalue weighted by molar-refractivity contribution is 7.99. The van der Waals surface area contributed by atoms with Crippen molar-refractivity contribution in [1.29, 1.82) is 0 Å². The molecule has 3 aromatic carbocycles. The van der Waals surface area contributed by atoms with Crippen LogP contribution in [0.1, 0.15) is 23.3 Å². The van der Waals surface area contributed by atoms with E-state index >= 15 is 0 Å². The molecule has 0 spiro atoms. The Hall–Kier alpha value is -2.94. The van der Waals surface area contributed by atoms with Gasteiger partial charge in [0.25, 0.3) is 5.56 Å². The molecule has 0 amide bonds. The number of thioether (sulfide) groups is 1. The van der Waals surface area contributed by atoms with Crippen molar-refractivity contribution in [3.63, 3.8) is 0 Å². The normalized spacial score (nSPS) is 12.7. The maximum Gasteiger partial charge on any atom is 0.262 e. The second kappa shape index (κ2) is 9.28. The van der Waals surface area contributed by atoms with Gasteiger partial charge in [0.2, 0.25) is 10.0 Å². The lowest BCUT2D eigenvalue weighted by Crippen LogP contribution is -2.24. The van der Waals surface area contributed by atoms with Crippen LogP contribution >= 0.6 is 11.8 Å². The molecule has 0 saturated carbocycles. The standard InChI is InChI=1S/C24H23N3O3S2/c1-17(19-7-3-2-4-8-19)31-24-26-22-10-6-5-9-21(22)23(28)27(24)16-15-18-11-13-20(14-12-18)32(25,29)30/h2-14,17H,15-16H2,1H3,(H2,25,29,30)/t17-/m1/s1. The number of para-hydroxylation sites is 1. The number of aryl methyl sites for hydroxylation is 1. The van der Waals surface area contributed by atoms with Crippen LogP contribution in [-0.2, 0) is 23.0 Å². The summed E-state index contributed by atoms with van der Waals surface area (Å²) >= 11 is 1.55. The molecule has 8 heteroatoms. The third-order valence-electron chi connectivity index (χ3n) is 5.25. The maximum atomic E-state index is 13.3. The Morgan fingerprint density at radius 1 is 0.969 bits per heavy atom. The predicted octanol–water partition coefficient (Wildman–Crippen LogP) is 4.14. The summed E-state index contributed by atoms with van der Waals surface area (Å²) < 4.78 is 24.7. The molecule has 32 heavy (non-hydrogen) atoms. The van der Waals surface area contributed by atoms with Gasteiger partial charge in [-0.1, -0.05) is 66.4 Å². The Kier molecular flexibility index (Phi) is 6.45. The molecule has 0 aliphatic heterocycles. The first kappa shape index (κ1) is 22.3. The van der Waals surface area contributed by atoms with Gasteiger partial charge in [0.15, 0.2) is 5.16 Å². The second-order valence-electron chi connectivity index (χ2n) is 7.48. The lowest BCUT2D eigenvalue weighted by Gasteiger charge is -2.17. The van der Waals surface area contributed by atoms with E-state index in [0.717, 1.165) is 11.1 Å². The fraction of sp³-hybridized carbons (Fsp3) is 0.167. The van der Waals surface area contributed by atoms with E-state index in [1.165, 1.54) is 12.1 Å². The summed E-state index contributed by atoms with van der Waals surface area (Å²) in [5, 5.41) is 6.53. The minimum Gasteiger partial charge on any atom is -0.287 e. The van der Waals surface area contributed by atoms with Gasteiger partial charge in [0, 0.05) is 11.8 Å². The van der Waals surface area contributed by atoms with Crippen LogP contribution in [0.15, 0.2) is 93.7 Å². The average molecular weight is 466 g/mol. The number of nitrogens with two attached hydrogens (primary N) is 1. The third-order valence-corrected chi connectivity index (χ3v) is 7.33. The molecule has 1 atom stereocenters. The van der Waals surface area contributed by atoms with Crippen LogP contribution < -0.4 is 10.7 Å². The summed E-state index contributed by atoms with van der Waals surface area (Å²) in [5.74, 6) is 0. The topological polar surface area (TPSA) is 95.0 Å². The van der Waals surface area contributed by atoms with Crippen molar-refractivity contribution in [2.24, 2.45) is 5.14 Å². The molecule has 0 unspecified atom stereocenters. The van der Waals surface area contributed by atoms with E-state index in [0.29, 0.717) is 29.0 Å². The van der Waals surface area contributed by atoms with Gasteiger partial charge in [0.1, 0.15) is 0 Å². The van der Waals surface area contributed by atoms with Gasteiger partial charge >= 0.3 is 0 Å². The lowest BCUT2D eigenvalue weighted by atomic mass is 10.1. The molecule has 6 nitrogen and oxygen atoms in total. The lowest BCUT2D eigenvalue weighted by molar-refractivity contribution is 0.593. The third kappa shape index (κ3) is 4.93. The summed E-state index contributed by atoms with van der Waals surface area (Å²) in [5.41, 5.74) is 2.66. The first-order valence-electron chi connectivity index (χ1n) is 10.2. The van der Waals surface area contributed by atoms with Crippen LogP contribution in [-0.4, -0.2) is 18.0 Å². The van der Waals surface area contributed by atoms with E-state index in [-0.39, 0.29) is 15.7 Å². The summed E-state index contributed by atoms with van der Waals surface area (Å²) in [6.45, 7) is 2.52. The molecule has 0 saturated heterocycles. The highest BCUT2D eigenvalue weighted by atomic mass is 32.2.